The Morgan fingerprint density at radius 3 is 2.25 bits per heavy atom. The molecule has 5 nitrogen and oxygen atoms in total. The highest BCUT2D eigenvalue weighted by atomic mass is 16.2. The van der Waals surface area contributed by atoms with E-state index < -0.39 is 0 Å². The Morgan fingerprint density at radius 1 is 0.875 bits per heavy atom. The van der Waals surface area contributed by atoms with E-state index in [-0.39, 0.29) is 23.8 Å². The highest BCUT2D eigenvalue weighted by Gasteiger charge is 2.40. The molecule has 126 valence electrons. The third kappa shape index (κ3) is 2.43. The molecule has 0 N–H and O–H groups in total. The van der Waals surface area contributed by atoms with Crippen LogP contribution < -0.4 is 0 Å². The van der Waals surface area contributed by atoms with Gasteiger partial charge in [-0.15, -0.1) is 0 Å². The molecule has 0 bridgehead atoms. The molecule has 2 aliphatic heterocycles. The average molecular weight is 326 g/mol. The molecular weight excluding hydrogens is 304 g/mol. The summed E-state index contributed by atoms with van der Waals surface area (Å²) in [6.07, 6.45) is 7.16. The normalized spacial score (nSPS) is 21.5. The summed E-state index contributed by atoms with van der Waals surface area (Å²) in [6, 6.07) is 4.99. The molecule has 2 fully saturated rings. The van der Waals surface area contributed by atoms with Crippen molar-refractivity contribution < 1.29 is 14.4 Å². The van der Waals surface area contributed by atoms with Gasteiger partial charge < -0.3 is 4.90 Å². The van der Waals surface area contributed by atoms with Crippen molar-refractivity contribution in [3.05, 3.63) is 34.9 Å². The summed E-state index contributed by atoms with van der Waals surface area (Å²) >= 11 is 0. The summed E-state index contributed by atoms with van der Waals surface area (Å²) < 4.78 is 0. The summed E-state index contributed by atoms with van der Waals surface area (Å²) in [4.78, 5) is 41.2. The molecular formula is C19H22N2O3. The van der Waals surface area contributed by atoms with Crippen LogP contribution in [0.25, 0.3) is 0 Å². The van der Waals surface area contributed by atoms with Crippen LogP contribution in [-0.4, -0.2) is 46.7 Å². The molecule has 1 saturated heterocycles. The van der Waals surface area contributed by atoms with E-state index >= 15 is 0 Å². The number of hydrogen-bond acceptors (Lipinski definition) is 3. The van der Waals surface area contributed by atoms with Crippen molar-refractivity contribution in [2.75, 3.05) is 13.1 Å². The van der Waals surface area contributed by atoms with Gasteiger partial charge in [-0.25, -0.2) is 0 Å². The van der Waals surface area contributed by atoms with Crippen LogP contribution in [0.5, 0.6) is 0 Å². The molecule has 3 aliphatic rings. The van der Waals surface area contributed by atoms with E-state index in [1.165, 1.54) is 11.3 Å². The number of amides is 3. The van der Waals surface area contributed by atoms with Gasteiger partial charge in [0.2, 0.25) is 0 Å². The van der Waals surface area contributed by atoms with Gasteiger partial charge >= 0.3 is 0 Å². The zero-order valence-corrected chi connectivity index (χ0v) is 13.8. The van der Waals surface area contributed by atoms with Gasteiger partial charge in [-0.3, -0.25) is 19.3 Å². The van der Waals surface area contributed by atoms with Gasteiger partial charge in [-0.1, -0.05) is 19.3 Å². The molecule has 3 amide bonds. The average Bonchev–Trinajstić information content (AvgIpc) is 3.23. The third-order valence-corrected chi connectivity index (χ3v) is 5.50. The first-order valence-electron chi connectivity index (χ1n) is 8.98. The van der Waals surface area contributed by atoms with Gasteiger partial charge in [-0.2, -0.15) is 0 Å². The van der Waals surface area contributed by atoms with E-state index in [0.717, 1.165) is 51.6 Å². The second-order valence-corrected chi connectivity index (χ2v) is 7.03. The number of fused-ring (bicyclic) bond motifs is 1. The standard InChI is InChI=1S/C19H22N2O3/c22-17(20-10-4-5-11-20)13-8-9-15-16(12-13)19(24)21(18(15)23)14-6-2-1-3-7-14/h8-9,12,14H,1-7,10-11H2. The minimum Gasteiger partial charge on any atom is -0.339 e. The molecule has 0 unspecified atom stereocenters. The van der Waals surface area contributed by atoms with Crippen LogP contribution in [0.2, 0.25) is 0 Å². The SMILES string of the molecule is O=C(c1ccc2c(c1)C(=O)N(C1CCCCC1)C2=O)N1CCCC1. The van der Waals surface area contributed by atoms with E-state index in [0.29, 0.717) is 16.7 Å². The largest absolute Gasteiger partial charge is 0.339 e. The van der Waals surface area contributed by atoms with Crippen LogP contribution in [0.15, 0.2) is 18.2 Å². The Hall–Kier alpha value is -2.17. The number of benzene rings is 1. The second-order valence-electron chi connectivity index (χ2n) is 7.03. The molecule has 1 aliphatic carbocycles. The molecule has 1 saturated carbocycles. The number of imide groups is 1. The van der Waals surface area contributed by atoms with Crippen molar-refractivity contribution in [3.63, 3.8) is 0 Å². The predicted octanol–water partition coefficient (Wildman–Crippen LogP) is 2.85. The molecule has 0 spiro atoms. The first-order chi connectivity index (χ1) is 11.7. The Kier molecular flexibility index (Phi) is 3.87. The van der Waals surface area contributed by atoms with Crippen molar-refractivity contribution in [1.82, 2.24) is 9.80 Å². The summed E-state index contributed by atoms with van der Waals surface area (Å²) in [7, 11) is 0. The van der Waals surface area contributed by atoms with E-state index in [1.807, 2.05) is 4.90 Å². The first kappa shape index (κ1) is 15.4. The Bertz CT molecular complexity index is 701. The molecule has 24 heavy (non-hydrogen) atoms. The maximum atomic E-state index is 12.8. The molecule has 0 aromatic heterocycles. The summed E-state index contributed by atoms with van der Waals surface area (Å²) in [5.74, 6) is -0.452. The van der Waals surface area contributed by atoms with Gasteiger partial charge in [0.25, 0.3) is 17.7 Å². The lowest BCUT2D eigenvalue weighted by atomic mass is 9.94. The van der Waals surface area contributed by atoms with E-state index in [4.69, 9.17) is 0 Å². The third-order valence-electron chi connectivity index (χ3n) is 5.50. The monoisotopic (exact) mass is 326 g/mol. The lowest BCUT2D eigenvalue weighted by Gasteiger charge is -2.29. The Labute approximate surface area is 141 Å². The zero-order chi connectivity index (χ0) is 16.7. The quantitative estimate of drug-likeness (QED) is 0.785. The maximum absolute atomic E-state index is 12.8. The fourth-order valence-electron chi connectivity index (χ4n) is 4.17. The van der Waals surface area contributed by atoms with Gasteiger partial charge in [0.1, 0.15) is 0 Å². The molecule has 0 atom stereocenters. The summed E-state index contributed by atoms with van der Waals surface area (Å²) in [6.45, 7) is 1.55. The van der Waals surface area contributed by atoms with Gasteiger partial charge in [0.05, 0.1) is 11.1 Å². The molecule has 5 heteroatoms. The van der Waals surface area contributed by atoms with Crippen molar-refractivity contribution in [1.29, 1.82) is 0 Å². The topological polar surface area (TPSA) is 57.7 Å². The van der Waals surface area contributed by atoms with Gasteiger partial charge in [-0.05, 0) is 43.9 Å². The number of nitrogens with zero attached hydrogens (tertiary/aromatic N) is 2. The van der Waals surface area contributed by atoms with E-state index in [2.05, 4.69) is 0 Å². The lowest BCUT2D eigenvalue weighted by molar-refractivity contribution is 0.0548. The molecule has 4 rings (SSSR count). The van der Waals surface area contributed by atoms with Crippen LogP contribution in [0.1, 0.15) is 76.0 Å². The fraction of sp³-hybridized carbons (Fsp3) is 0.526. The number of likely N-dealkylation sites (tertiary alicyclic amines) is 1. The zero-order valence-electron chi connectivity index (χ0n) is 13.8. The molecule has 1 aromatic rings. The Balaban J connectivity index is 1.62. The summed E-state index contributed by atoms with van der Waals surface area (Å²) in [5, 5.41) is 0. The van der Waals surface area contributed by atoms with Crippen LogP contribution in [-0.2, 0) is 0 Å². The van der Waals surface area contributed by atoms with Crippen LogP contribution in [0.3, 0.4) is 0 Å². The van der Waals surface area contributed by atoms with E-state index in [9.17, 15) is 14.4 Å². The van der Waals surface area contributed by atoms with Crippen LogP contribution in [0, 0.1) is 0 Å². The molecule has 0 radical (unpaired) electrons. The van der Waals surface area contributed by atoms with Crippen LogP contribution in [0.4, 0.5) is 0 Å². The van der Waals surface area contributed by atoms with Crippen molar-refractivity contribution in [3.8, 4) is 0 Å². The van der Waals surface area contributed by atoms with E-state index in [1.54, 1.807) is 18.2 Å². The highest BCUT2D eigenvalue weighted by Crippen LogP contribution is 2.31. The summed E-state index contributed by atoms with van der Waals surface area (Å²) in [5.41, 5.74) is 1.36. The fourth-order valence-corrected chi connectivity index (χ4v) is 4.17. The smallest absolute Gasteiger partial charge is 0.261 e. The minimum absolute atomic E-state index is 0.0175. The van der Waals surface area contributed by atoms with Crippen molar-refractivity contribution >= 4 is 17.7 Å². The predicted molar refractivity (Wildman–Crippen MR) is 89.0 cm³/mol. The van der Waals surface area contributed by atoms with Crippen molar-refractivity contribution in [2.45, 2.75) is 51.0 Å². The van der Waals surface area contributed by atoms with Gasteiger partial charge in [0, 0.05) is 24.7 Å². The second kappa shape index (κ2) is 6.04. The first-order valence-corrected chi connectivity index (χ1v) is 8.98. The number of rotatable bonds is 2. The maximum Gasteiger partial charge on any atom is 0.261 e. The lowest BCUT2D eigenvalue weighted by Crippen LogP contribution is -2.40. The molecule has 2 heterocycles. The minimum atomic E-state index is -0.224. The van der Waals surface area contributed by atoms with Gasteiger partial charge in [0.15, 0.2) is 0 Å². The van der Waals surface area contributed by atoms with Crippen molar-refractivity contribution in [2.24, 2.45) is 0 Å². The van der Waals surface area contributed by atoms with Crippen LogP contribution >= 0.6 is 0 Å². The number of hydrogen-bond donors (Lipinski definition) is 0. The Morgan fingerprint density at radius 2 is 1.54 bits per heavy atom. The number of carbonyl (C=O) groups excluding carboxylic acids is 3. The number of carbonyl (C=O) groups is 3. The molecule has 1 aromatic carbocycles. The highest BCUT2D eigenvalue weighted by molar-refractivity contribution is 6.22.